The number of nitrogens with one attached hydrogen (secondary N) is 1. The van der Waals surface area contributed by atoms with E-state index in [1.54, 1.807) is 0 Å². The lowest BCUT2D eigenvalue weighted by molar-refractivity contribution is -0.126. The molecule has 0 spiro atoms. The number of hydrogen-bond donors (Lipinski definition) is 2. The molecule has 1 aromatic carbocycles. The summed E-state index contributed by atoms with van der Waals surface area (Å²) in [6.07, 6.45) is 3.44. The minimum Gasteiger partial charge on any atom is -0.354 e. The maximum absolute atomic E-state index is 11.9. The fourth-order valence-electron chi connectivity index (χ4n) is 2.19. The van der Waals surface area contributed by atoms with Gasteiger partial charge in [-0.25, -0.2) is 0 Å². The first-order chi connectivity index (χ1) is 7.71. The van der Waals surface area contributed by atoms with Gasteiger partial charge in [-0.1, -0.05) is 30.3 Å². The Balaban J connectivity index is 2.14. The third kappa shape index (κ3) is 2.42. The highest BCUT2D eigenvalue weighted by atomic mass is 16.2. The van der Waals surface area contributed by atoms with Gasteiger partial charge in [-0.3, -0.25) is 4.79 Å². The summed E-state index contributed by atoms with van der Waals surface area (Å²) in [5.74, 6) is -0.00569. The van der Waals surface area contributed by atoms with Crippen LogP contribution < -0.4 is 11.1 Å². The molecule has 1 aliphatic heterocycles. The van der Waals surface area contributed by atoms with Gasteiger partial charge in [0.1, 0.15) is 0 Å². The fourth-order valence-corrected chi connectivity index (χ4v) is 2.19. The van der Waals surface area contributed by atoms with E-state index < -0.39 is 5.54 Å². The first-order valence-corrected chi connectivity index (χ1v) is 5.82. The molecule has 1 saturated heterocycles. The van der Waals surface area contributed by atoms with Crippen molar-refractivity contribution in [3.05, 3.63) is 35.9 Å². The molecule has 3 nitrogen and oxygen atoms in total. The summed E-state index contributed by atoms with van der Waals surface area (Å²) in [5, 5.41) is 2.89. The highest BCUT2D eigenvalue weighted by Crippen LogP contribution is 2.20. The van der Waals surface area contributed by atoms with Gasteiger partial charge < -0.3 is 11.1 Å². The summed E-state index contributed by atoms with van der Waals surface area (Å²) >= 11 is 0. The predicted octanol–water partition coefficient (Wildman–Crippen LogP) is 1.23. The van der Waals surface area contributed by atoms with Crippen LogP contribution in [-0.4, -0.2) is 18.0 Å². The average Bonchev–Trinajstić information content (AvgIpc) is 2.44. The van der Waals surface area contributed by atoms with Crippen molar-refractivity contribution in [2.75, 3.05) is 6.54 Å². The molecule has 1 atom stereocenters. The Kier molecular flexibility index (Phi) is 3.25. The maximum Gasteiger partial charge on any atom is 0.240 e. The minimum absolute atomic E-state index is 0.00569. The second-order valence-electron chi connectivity index (χ2n) is 4.53. The van der Waals surface area contributed by atoms with Crippen molar-refractivity contribution in [3.8, 4) is 0 Å². The molecule has 0 bridgehead atoms. The van der Waals surface area contributed by atoms with Gasteiger partial charge in [-0.2, -0.15) is 0 Å². The van der Waals surface area contributed by atoms with Gasteiger partial charge in [0.25, 0.3) is 0 Å². The van der Waals surface area contributed by atoms with E-state index in [9.17, 15) is 4.79 Å². The lowest BCUT2D eigenvalue weighted by atomic mass is 9.87. The zero-order chi connectivity index (χ0) is 11.4. The summed E-state index contributed by atoms with van der Waals surface area (Å²) in [6, 6.07) is 9.97. The monoisotopic (exact) mass is 218 g/mol. The maximum atomic E-state index is 11.9. The van der Waals surface area contributed by atoms with Crippen LogP contribution in [0.2, 0.25) is 0 Å². The van der Waals surface area contributed by atoms with Crippen LogP contribution in [-0.2, 0) is 11.2 Å². The van der Waals surface area contributed by atoms with E-state index in [0.29, 0.717) is 6.42 Å². The van der Waals surface area contributed by atoms with Crippen molar-refractivity contribution in [1.82, 2.24) is 5.32 Å². The van der Waals surface area contributed by atoms with E-state index in [-0.39, 0.29) is 5.91 Å². The highest BCUT2D eigenvalue weighted by molar-refractivity contribution is 5.86. The molecule has 1 unspecified atom stereocenters. The Bertz CT molecular complexity index is 363. The van der Waals surface area contributed by atoms with Gasteiger partial charge >= 0.3 is 0 Å². The van der Waals surface area contributed by atoms with Gasteiger partial charge in [-0.05, 0) is 31.2 Å². The number of carbonyl (C=O) groups excluding carboxylic acids is 1. The fraction of sp³-hybridized carbons (Fsp3) is 0.462. The summed E-state index contributed by atoms with van der Waals surface area (Å²) in [4.78, 5) is 11.9. The molecule has 1 amide bonds. The largest absolute Gasteiger partial charge is 0.354 e. The van der Waals surface area contributed by atoms with Gasteiger partial charge in [0, 0.05) is 6.54 Å². The van der Waals surface area contributed by atoms with Gasteiger partial charge in [0.2, 0.25) is 5.91 Å². The molecule has 86 valence electrons. The van der Waals surface area contributed by atoms with Crippen LogP contribution in [0.25, 0.3) is 0 Å². The van der Waals surface area contributed by atoms with Crippen molar-refractivity contribution < 1.29 is 4.79 Å². The molecule has 0 aliphatic carbocycles. The van der Waals surface area contributed by atoms with E-state index in [0.717, 1.165) is 31.4 Å². The molecule has 1 fully saturated rings. The summed E-state index contributed by atoms with van der Waals surface area (Å²) in [7, 11) is 0. The van der Waals surface area contributed by atoms with Crippen LogP contribution in [0.5, 0.6) is 0 Å². The Morgan fingerprint density at radius 2 is 2.00 bits per heavy atom. The molecule has 2 rings (SSSR count). The number of amides is 1. The lowest BCUT2D eigenvalue weighted by Crippen LogP contribution is -2.54. The Labute approximate surface area is 96.0 Å². The standard InChI is InChI=1S/C13H18N2O/c14-13(8-4-5-9-15-12(13)16)10-11-6-2-1-3-7-11/h1-3,6-7H,4-5,8-10,14H2,(H,15,16). The predicted molar refractivity (Wildman–Crippen MR) is 63.9 cm³/mol. The molecular formula is C13H18N2O. The second-order valence-corrected chi connectivity index (χ2v) is 4.53. The highest BCUT2D eigenvalue weighted by Gasteiger charge is 2.34. The lowest BCUT2D eigenvalue weighted by Gasteiger charge is -2.26. The molecule has 0 aromatic heterocycles. The molecule has 1 aliphatic rings. The SMILES string of the molecule is NC1(Cc2ccccc2)CCCCNC1=O. The van der Waals surface area contributed by atoms with Crippen LogP contribution >= 0.6 is 0 Å². The third-order valence-electron chi connectivity index (χ3n) is 3.15. The van der Waals surface area contributed by atoms with E-state index in [4.69, 9.17) is 5.73 Å². The molecule has 1 heterocycles. The van der Waals surface area contributed by atoms with E-state index in [1.165, 1.54) is 0 Å². The number of carbonyl (C=O) groups is 1. The molecule has 0 saturated carbocycles. The topological polar surface area (TPSA) is 55.1 Å². The number of benzene rings is 1. The third-order valence-corrected chi connectivity index (χ3v) is 3.15. The summed E-state index contributed by atoms with van der Waals surface area (Å²) < 4.78 is 0. The second kappa shape index (κ2) is 4.66. The minimum atomic E-state index is -0.724. The van der Waals surface area contributed by atoms with Gasteiger partial charge in [0.15, 0.2) is 0 Å². The zero-order valence-electron chi connectivity index (χ0n) is 9.41. The van der Waals surface area contributed by atoms with Crippen LogP contribution in [0.1, 0.15) is 24.8 Å². The van der Waals surface area contributed by atoms with Crippen LogP contribution in [0.3, 0.4) is 0 Å². The van der Waals surface area contributed by atoms with Crippen molar-refractivity contribution in [3.63, 3.8) is 0 Å². The normalized spacial score (nSPS) is 25.9. The molecular weight excluding hydrogens is 200 g/mol. The Morgan fingerprint density at radius 1 is 1.25 bits per heavy atom. The van der Waals surface area contributed by atoms with Crippen molar-refractivity contribution in [2.45, 2.75) is 31.2 Å². The first kappa shape index (κ1) is 11.1. The Hall–Kier alpha value is -1.35. The summed E-state index contributed by atoms with van der Waals surface area (Å²) in [6.45, 7) is 0.757. The van der Waals surface area contributed by atoms with Crippen LogP contribution in [0, 0.1) is 0 Å². The van der Waals surface area contributed by atoms with E-state index in [1.807, 2.05) is 30.3 Å². The quantitative estimate of drug-likeness (QED) is 0.784. The molecule has 3 heteroatoms. The van der Waals surface area contributed by atoms with Crippen LogP contribution in [0.15, 0.2) is 30.3 Å². The molecule has 1 aromatic rings. The zero-order valence-corrected chi connectivity index (χ0v) is 9.41. The smallest absolute Gasteiger partial charge is 0.240 e. The van der Waals surface area contributed by atoms with Crippen molar-refractivity contribution in [2.24, 2.45) is 5.73 Å². The molecule has 3 N–H and O–H groups in total. The van der Waals surface area contributed by atoms with Crippen molar-refractivity contribution >= 4 is 5.91 Å². The van der Waals surface area contributed by atoms with Crippen LogP contribution in [0.4, 0.5) is 0 Å². The number of rotatable bonds is 2. The number of hydrogen-bond acceptors (Lipinski definition) is 2. The van der Waals surface area contributed by atoms with Gasteiger partial charge in [-0.15, -0.1) is 0 Å². The first-order valence-electron chi connectivity index (χ1n) is 5.82. The van der Waals surface area contributed by atoms with Crippen molar-refractivity contribution in [1.29, 1.82) is 0 Å². The molecule has 0 radical (unpaired) electrons. The number of nitrogens with two attached hydrogens (primary N) is 1. The average molecular weight is 218 g/mol. The van der Waals surface area contributed by atoms with E-state index in [2.05, 4.69) is 5.32 Å². The van der Waals surface area contributed by atoms with E-state index >= 15 is 0 Å². The van der Waals surface area contributed by atoms with Gasteiger partial charge in [0.05, 0.1) is 5.54 Å². The summed E-state index contributed by atoms with van der Waals surface area (Å²) in [5.41, 5.74) is 6.63. The molecule has 16 heavy (non-hydrogen) atoms. The Morgan fingerprint density at radius 3 is 2.75 bits per heavy atom.